The Morgan fingerprint density at radius 3 is 2.29 bits per heavy atom. The second-order valence-electron chi connectivity index (χ2n) is 9.47. The molecule has 0 spiro atoms. The molecule has 0 saturated carbocycles. The van der Waals surface area contributed by atoms with E-state index in [1.165, 1.54) is 4.90 Å². The highest BCUT2D eigenvalue weighted by Crippen LogP contribution is 2.37. The molecule has 0 aliphatic carbocycles. The van der Waals surface area contributed by atoms with Gasteiger partial charge in [0.15, 0.2) is 0 Å². The maximum atomic E-state index is 13.2. The zero-order chi connectivity index (χ0) is 22.6. The first kappa shape index (κ1) is 22.2. The first-order valence-corrected chi connectivity index (χ1v) is 10.6. The number of piperidine rings is 1. The van der Waals surface area contributed by atoms with Gasteiger partial charge in [0, 0.05) is 18.7 Å². The molecule has 1 amide bonds. The van der Waals surface area contributed by atoms with Crippen LogP contribution in [0, 0.1) is 5.92 Å². The molecule has 0 radical (unpaired) electrons. The number of carbonyl (C=O) groups excluding carboxylic acids is 1. The largest absolute Gasteiger partial charge is 0.495 e. The van der Waals surface area contributed by atoms with Gasteiger partial charge < -0.3 is 14.2 Å². The summed E-state index contributed by atoms with van der Waals surface area (Å²) in [4.78, 5) is 14.6. The Morgan fingerprint density at radius 1 is 1.03 bits per heavy atom. The minimum Gasteiger partial charge on any atom is -0.399 e. The fourth-order valence-corrected chi connectivity index (χ4v) is 4.30. The van der Waals surface area contributed by atoms with Gasteiger partial charge in [-0.05, 0) is 62.8 Å². The average molecular weight is 433 g/mol. The smallest absolute Gasteiger partial charge is 0.399 e. The van der Waals surface area contributed by atoms with Gasteiger partial charge in [-0.25, -0.2) is 0 Å². The lowest BCUT2D eigenvalue weighted by molar-refractivity contribution is -0.184. The highest BCUT2D eigenvalue weighted by atomic mass is 19.4. The van der Waals surface area contributed by atoms with E-state index in [1.54, 1.807) is 12.1 Å². The molecule has 4 nitrogen and oxygen atoms in total. The Hall–Kier alpha value is -2.06. The number of nitrogens with zero attached hydrogens (tertiary/aromatic N) is 1. The third-order valence-electron chi connectivity index (χ3n) is 6.86. The monoisotopic (exact) mass is 433 g/mol. The molecule has 2 aliphatic heterocycles. The van der Waals surface area contributed by atoms with Gasteiger partial charge in [0.1, 0.15) is 0 Å². The molecular formula is C23H27BF3NO3. The second kappa shape index (κ2) is 7.52. The van der Waals surface area contributed by atoms with Crippen molar-refractivity contribution in [1.82, 2.24) is 4.90 Å². The van der Waals surface area contributed by atoms with Crippen molar-refractivity contribution in [2.75, 3.05) is 13.1 Å². The topological polar surface area (TPSA) is 38.8 Å². The minimum absolute atomic E-state index is 0.0644. The van der Waals surface area contributed by atoms with Crippen LogP contribution < -0.4 is 5.46 Å². The molecule has 1 atom stereocenters. The molecule has 8 heteroatoms. The van der Waals surface area contributed by atoms with Crippen LogP contribution in [0.25, 0.3) is 10.8 Å². The Labute approximate surface area is 180 Å². The van der Waals surface area contributed by atoms with Gasteiger partial charge in [0.05, 0.1) is 17.1 Å². The highest BCUT2D eigenvalue weighted by Gasteiger charge is 2.52. The van der Waals surface area contributed by atoms with Crippen LogP contribution in [-0.4, -0.2) is 48.4 Å². The number of rotatable bonds is 2. The fourth-order valence-electron chi connectivity index (χ4n) is 4.30. The molecule has 2 fully saturated rings. The van der Waals surface area contributed by atoms with Crippen LogP contribution in [0.2, 0.25) is 0 Å². The van der Waals surface area contributed by atoms with Crippen molar-refractivity contribution < 1.29 is 27.3 Å². The summed E-state index contributed by atoms with van der Waals surface area (Å²) in [5, 5.41) is 1.49. The molecule has 0 N–H and O–H groups in total. The van der Waals surface area contributed by atoms with Gasteiger partial charge in [0.2, 0.25) is 0 Å². The summed E-state index contributed by atoms with van der Waals surface area (Å²) >= 11 is 0. The summed E-state index contributed by atoms with van der Waals surface area (Å²) in [6.45, 7) is 7.93. The van der Waals surface area contributed by atoms with Crippen LogP contribution in [0.3, 0.4) is 0 Å². The van der Waals surface area contributed by atoms with Gasteiger partial charge in [-0.3, -0.25) is 4.79 Å². The van der Waals surface area contributed by atoms with E-state index in [9.17, 15) is 18.0 Å². The summed E-state index contributed by atoms with van der Waals surface area (Å²) in [5.41, 5.74) is 0.192. The number of fused-ring (bicyclic) bond motifs is 1. The van der Waals surface area contributed by atoms with E-state index >= 15 is 0 Å². The number of alkyl halides is 3. The van der Waals surface area contributed by atoms with Crippen LogP contribution in [0.1, 0.15) is 50.9 Å². The summed E-state index contributed by atoms with van der Waals surface area (Å²) in [6.07, 6.45) is -3.88. The summed E-state index contributed by atoms with van der Waals surface area (Å²) < 4.78 is 52.0. The maximum absolute atomic E-state index is 13.2. The Kier molecular flexibility index (Phi) is 5.37. The Bertz CT molecular complexity index is 989. The molecule has 2 aromatic rings. The van der Waals surface area contributed by atoms with Gasteiger partial charge in [-0.2, -0.15) is 13.2 Å². The van der Waals surface area contributed by atoms with E-state index in [4.69, 9.17) is 9.31 Å². The third-order valence-corrected chi connectivity index (χ3v) is 6.86. The SMILES string of the molecule is CC1(C)OB(c2cccc3c(C(=O)N4CCCC(C(F)(F)F)C4)cccc23)OC1(C)C. The van der Waals surface area contributed by atoms with Crippen molar-refractivity contribution in [3.05, 3.63) is 42.0 Å². The van der Waals surface area contributed by atoms with E-state index in [2.05, 4.69) is 0 Å². The van der Waals surface area contributed by atoms with E-state index in [1.807, 2.05) is 52.0 Å². The quantitative estimate of drug-likeness (QED) is 0.653. The van der Waals surface area contributed by atoms with E-state index in [0.29, 0.717) is 23.9 Å². The first-order chi connectivity index (χ1) is 14.4. The molecule has 2 heterocycles. The minimum atomic E-state index is -4.29. The van der Waals surface area contributed by atoms with Gasteiger partial charge in [-0.15, -0.1) is 0 Å². The lowest BCUT2D eigenvalue weighted by atomic mass is 9.75. The number of hydrogen-bond donors (Lipinski definition) is 0. The van der Waals surface area contributed by atoms with E-state index in [-0.39, 0.29) is 18.9 Å². The number of likely N-dealkylation sites (tertiary alicyclic amines) is 1. The predicted molar refractivity (Wildman–Crippen MR) is 114 cm³/mol. The standard InChI is InChI=1S/C23H27BF3NO3/c1-21(2)22(3,4)31-24(30-21)19-12-6-9-16-17(19)10-5-11-18(16)20(29)28-13-7-8-15(14-28)23(25,26)27/h5-6,9-12,15H,7-8,13-14H2,1-4H3. The van der Waals surface area contributed by atoms with Crippen LogP contribution in [0.4, 0.5) is 13.2 Å². The third kappa shape index (κ3) is 3.96. The maximum Gasteiger partial charge on any atom is 0.495 e. The molecule has 31 heavy (non-hydrogen) atoms. The molecular weight excluding hydrogens is 406 g/mol. The zero-order valence-corrected chi connectivity index (χ0v) is 18.3. The van der Waals surface area contributed by atoms with Crippen LogP contribution in [0.5, 0.6) is 0 Å². The van der Waals surface area contributed by atoms with E-state index < -0.39 is 30.4 Å². The van der Waals surface area contributed by atoms with E-state index in [0.717, 1.165) is 10.8 Å². The van der Waals surface area contributed by atoms with Crippen LogP contribution in [-0.2, 0) is 9.31 Å². The number of amides is 1. The molecule has 166 valence electrons. The van der Waals surface area contributed by atoms with Crippen molar-refractivity contribution in [3.63, 3.8) is 0 Å². The summed E-state index contributed by atoms with van der Waals surface area (Å²) in [6, 6.07) is 10.9. The number of halogens is 3. The number of carbonyl (C=O) groups is 1. The lowest BCUT2D eigenvalue weighted by Gasteiger charge is -2.34. The van der Waals surface area contributed by atoms with Crippen molar-refractivity contribution >= 4 is 29.3 Å². The second-order valence-corrected chi connectivity index (χ2v) is 9.47. The van der Waals surface area contributed by atoms with Crippen molar-refractivity contribution in [2.24, 2.45) is 5.92 Å². The fraction of sp³-hybridized carbons (Fsp3) is 0.522. The average Bonchev–Trinajstić information content (AvgIpc) is 2.93. The molecule has 2 saturated heterocycles. The van der Waals surface area contributed by atoms with Crippen LogP contribution >= 0.6 is 0 Å². The summed E-state index contributed by atoms with van der Waals surface area (Å²) in [5.74, 6) is -1.84. The molecule has 2 aliphatic rings. The molecule has 0 bridgehead atoms. The summed E-state index contributed by atoms with van der Waals surface area (Å²) in [7, 11) is -0.594. The van der Waals surface area contributed by atoms with Gasteiger partial charge in [0.25, 0.3) is 5.91 Å². The van der Waals surface area contributed by atoms with Gasteiger partial charge in [-0.1, -0.05) is 30.3 Å². The highest BCUT2D eigenvalue weighted by molar-refractivity contribution is 6.65. The van der Waals surface area contributed by atoms with Crippen molar-refractivity contribution in [3.8, 4) is 0 Å². The number of benzene rings is 2. The molecule has 0 aromatic heterocycles. The number of hydrogen-bond acceptors (Lipinski definition) is 3. The van der Waals surface area contributed by atoms with Crippen LogP contribution in [0.15, 0.2) is 36.4 Å². The molecule has 1 unspecified atom stereocenters. The Morgan fingerprint density at radius 2 is 1.65 bits per heavy atom. The Balaban J connectivity index is 1.68. The predicted octanol–water partition coefficient (Wildman–Crippen LogP) is 4.55. The first-order valence-electron chi connectivity index (χ1n) is 10.6. The molecule has 2 aromatic carbocycles. The van der Waals surface area contributed by atoms with Crippen molar-refractivity contribution in [1.29, 1.82) is 0 Å². The normalized spacial score (nSPS) is 23.4. The lowest BCUT2D eigenvalue weighted by Crippen LogP contribution is -2.44. The van der Waals surface area contributed by atoms with Crippen molar-refractivity contribution in [2.45, 2.75) is 57.9 Å². The molecule has 4 rings (SSSR count). The van der Waals surface area contributed by atoms with Gasteiger partial charge >= 0.3 is 13.3 Å². The zero-order valence-electron chi connectivity index (χ0n) is 18.3.